The van der Waals surface area contributed by atoms with E-state index in [0.29, 0.717) is 11.6 Å². The fourth-order valence-electron chi connectivity index (χ4n) is 2.47. The van der Waals surface area contributed by atoms with Crippen LogP contribution in [0.25, 0.3) is 0 Å². The van der Waals surface area contributed by atoms with Gasteiger partial charge in [-0.05, 0) is 24.1 Å². The van der Waals surface area contributed by atoms with E-state index >= 15 is 0 Å². The maximum Gasteiger partial charge on any atom is 0.315 e. The van der Waals surface area contributed by atoms with E-state index in [4.69, 9.17) is 21.4 Å². The molecule has 6 heteroatoms. The van der Waals surface area contributed by atoms with Crippen LogP contribution >= 0.6 is 11.6 Å². The van der Waals surface area contributed by atoms with Gasteiger partial charge in [-0.3, -0.25) is 0 Å². The van der Waals surface area contributed by atoms with E-state index in [0.717, 1.165) is 12.0 Å². The summed E-state index contributed by atoms with van der Waals surface area (Å²) in [4.78, 5) is 11.9. The van der Waals surface area contributed by atoms with E-state index < -0.39 is 0 Å². The second kappa shape index (κ2) is 8.17. The number of benzene rings is 1. The SMILES string of the molecule is COC(CNC(=O)N[C@@H]1C=C[C@H](CO)C1)c1cccc(Cl)c1. The highest BCUT2D eigenvalue weighted by Gasteiger charge is 2.20. The highest BCUT2D eigenvalue weighted by Crippen LogP contribution is 2.20. The number of aliphatic hydroxyl groups is 1. The van der Waals surface area contributed by atoms with Crippen LogP contribution in [0.5, 0.6) is 0 Å². The normalized spacial score (nSPS) is 21.6. The molecule has 0 saturated heterocycles. The lowest BCUT2D eigenvalue weighted by molar-refractivity contribution is 0.104. The van der Waals surface area contributed by atoms with Crippen LogP contribution in [0, 0.1) is 5.92 Å². The van der Waals surface area contributed by atoms with E-state index in [1.54, 1.807) is 13.2 Å². The van der Waals surface area contributed by atoms with E-state index in [-0.39, 0.29) is 30.7 Å². The van der Waals surface area contributed by atoms with Crippen LogP contribution in [-0.2, 0) is 4.74 Å². The third kappa shape index (κ3) is 4.73. The van der Waals surface area contributed by atoms with E-state index in [9.17, 15) is 4.79 Å². The van der Waals surface area contributed by atoms with Crippen LogP contribution in [-0.4, -0.2) is 37.4 Å². The molecule has 0 heterocycles. The molecule has 0 aromatic heterocycles. The van der Waals surface area contributed by atoms with Crippen LogP contribution in [0.1, 0.15) is 18.1 Å². The lowest BCUT2D eigenvalue weighted by atomic mass is 10.1. The summed E-state index contributed by atoms with van der Waals surface area (Å²) in [5.41, 5.74) is 0.913. The molecule has 1 aliphatic carbocycles. The minimum atomic E-state index is -0.256. The summed E-state index contributed by atoms with van der Waals surface area (Å²) in [6.45, 7) is 0.458. The van der Waals surface area contributed by atoms with Crippen molar-refractivity contribution in [3.8, 4) is 0 Å². The number of aliphatic hydroxyl groups excluding tert-OH is 1. The van der Waals surface area contributed by atoms with Gasteiger partial charge in [-0.15, -0.1) is 0 Å². The Hall–Kier alpha value is -1.56. The number of carbonyl (C=O) groups excluding carboxylic acids is 1. The molecule has 5 nitrogen and oxygen atoms in total. The van der Waals surface area contributed by atoms with Gasteiger partial charge in [0.05, 0.1) is 6.10 Å². The highest BCUT2D eigenvalue weighted by atomic mass is 35.5. The summed E-state index contributed by atoms with van der Waals surface area (Å²) in [6, 6.07) is 7.08. The molecule has 0 spiro atoms. The topological polar surface area (TPSA) is 70.6 Å². The van der Waals surface area contributed by atoms with E-state index in [1.165, 1.54) is 0 Å². The first-order valence-electron chi connectivity index (χ1n) is 7.24. The summed E-state index contributed by atoms with van der Waals surface area (Å²) < 4.78 is 5.40. The Morgan fingerprint density at radius 2 is 2.32 bits per heavy atom. The number of carbonyl (C=O) groups is 1. The van der Waals surface area contributed by atoms with Crippen molar-refractivity contribution in [1.82, 2.24) is 10.6 Å². The fourth-order valence-corrected chi connectivity index (χ4v) is 2.66. The van der Waals surface area contributed by atoms with Gasteiger partial charge in [0, 0.05) is 37.2 Å². The number of methoxy groups -OCH3 is 1. The molecular weight excluding hydrogens is 304 g/mol. The zero-order valence-electron chi connectivity index (χ0n) is 12.5. The van der Waals surface area contributed by atoms with Crippen LogP contribution in [0.3, 0.4) is 0 Å². The van der Waals surface area contributed by atoms with Crippen LogP contribution in [0.15, 0.2) is 36.4 Å². The van der Waals surface area contributed by atoms with Crippen molar-refractivity contribution in [2.75, 3.05) is 20.3 Å². The Morgan fingerprint density at radius 1 is 1.50 bits per heavy atom. The summed E-state index contributed by atoms with van der Waals surface area (Å²) >= 11 is 5.97. The summed E-state index contributed by atoms with van der Waals surface area (Å²) in [7, 11) is 1.59. The standard InChI is InChI=1S/C16H21ClN2O3/c1-22-15(12-3-2-4-13(17)8-12)9-18-16(21)19-14-6-5-11(7-14)10-20/h2-6,8,11,14-15,20H,7,9-10H2,1H3,(H2,18,19,21)/t11-,14+,15?/m0/s1. The van der Waals surface area contributed by atoms with Gasteiger partial charge in [-0.2, -0.15) is 0 Å². The Kier molecular flexibility index (Phi) is 6.24. The molecule has 0 radical (unpaired) electrons. The minimum Gasteiger partial charge on any atom is -0.396 e. The van der Waals surface area contributed by atoms with Crippen molar-refractivity contribution >= 4 is 17.6 Å². The lowest BCUT2D eigenvalue weighted by Gasteiger charge is -2.18. The molecule has 2 amide bonds. The zero-order chi connectivity index (χ0) is 15.9. The Bertz CT molecular complexity index is 536. The third-order valence-electron chi connectivity index (χ3n) is 3.68. The number of nitrogens with one attached hydrogen (secondary N) is 2. The van der Waals surface area contributed by atoms with E-state index in [1.807, 2.05) is 30.4 Å². The van der Waals surface area contributed by atoms with Gasteiger partial charge < -0.3 is 20.5 Å². The average Bonchev–Trinajstić information content (AvgIpc) is 2.95. The first-order valence-corrected chi connectivity index (χ1v) is 7.62. The molecule has 2 rings (SSSR count). The van der Waals surface area contributed by atoms with Crippen LogP contribution in [0.2, 0.25) is 5.02 Å². The Morgan fingerprint density at radius 3 is 2.95 bits per heavy atom. The Balaban J connectivity index is 1.81. The third-order valence-corrected chi connectivity index (χ3v) is 3.91. The van der Waals surface area contributed by atoms with Gasteiger partial charge in [0.2, 0.25) is 0 Å². The molecular formula is C16H21ClN2O3. The number of halogens is 1. The molecule has 22 heavy (non-hydrogen) atoms. The molecule has 0 fully saturated rings. The number of hydrogen-bond donors (Lipinski definition) is 3. The number of hydrogen-bond acceptors (Lipinski definition) is 3. The zero-order valence-corrected chi connectivity index (χ0v) is 13.2. The molecule has 1 aromatic rings. The highest BCUT2D eigenvalue weighted by molar-refractivity contribution is 6.30. The van der Waals surface area contributed by atoms with Crippen molar-refractivity contribution in [2.24, 2.45) is 5.92 Å². The monoisotopic (exact) mass is 324 g/mol. The van der Waals surface area contributed by atoms with Gasteiger partial charge >= 0.3 is 6.03 Å². The predicted octanol–water partition coefficient (Wildman–Crippen LogP) is 2.26. The number of amides is 2. The lowest BCUT2D eigenvalue weighted by Crippen LogP contribution is -2.42. The molecule has 0 aliphatic heterocycles. The molecule has 0 saturated carbocycles. The smallest absolute Gasteiger partial charge is 0.315 e. The number of rotatable bonds is 6. The first-order chi connectivity index (χ1) is 10.6. The maximum atomic E-state index is 11.9. The van der Waals surface area contributed by atoms with Gasteiger partial charge in [-0.25, -0.2) is 4.79 Å². The van der Waals surface area contributed by atoms with Crippen molar-refractivity contribution in [1.29, 1.82) is 0 Å². The number of urea groups is 1. The molecule has 120 valence electrons. The molecule has 3 atom stereocenters. The Labute approximate surface area is 135 Å². The quantitative estimate of drug-likeness (QED) is 0.703. The second-order valence-corrected chi connectivity index (χ2v) is 5.74. The maximum absolute atomic E-state index is 11.9. The summed E-state index contributed by atoms with van der Waals surface area (Å²) in [5, 5.41) is 15.4. The second-order valence-electron chi connectivity index (χ2n) is 5.30. The predicted molar refractivity (Wildman–Crippen MR) is 85.9 cm³/mol. The van der Waals surface area contributed by atoms with Crippen molar-refractivity contribution in [2.45, 2.75) is 18.6 Å². The van der Waals surface area contributed by atoms with Crippen LogP contribution in [0.4, 0.5) is 4.79 Å². The summed E-state index contributed by atoms with van der Waals surface area (Å²) in [5.74, 6) is 0.128. The average molecular weight is 325 g/mol. The van der Waals surface area contributed by atoms with Crippen molar-refractivity contribution in [3.63, 3.8) is 0 Å². The van der Waals surface area contributed by atoms with Gasteiger partial charge in [0.25, 0.3) is 0 Å². The van der Waals surface area contributed by atoms with Crippen LogP contribution < -0.4 is 10.6 Å². The minimum absolute atomic E-state index is 0.0377. The molecule has 1 aromatic carbocycles. The molecule has 3 N–H and O–H groups in total. The van der Waals surface area contributed by atoms with Gasteiger partial charge in [-0.1, -0.05) is 35.9 Å². The largest absolute Gasteiger partial charge is 0.396 e. The van der Waals surface area contributed by atoms with Gasteiger partial charge in [0.1, 0.15) is 0 Å². The summed E-state index contributed by atoms with van der Waals surface area (Å²) in [6.07, 6.45) is 4.31. The van der Waals surface area contributed by atoms with E-state index in [2.05, 4.69) is 10.6 Å². The molecule has 0 bridgehead atoms. The molecule has 1 aliphatic rings. The van der Waals surface area contributed by atoms with Crippen molar-refractivity contribution < 1.29 is 14.6 Å². The fraction of sp³-hybridized carbons (Fsp3) is 0.438. The number of ether oxygens (including phenoxy) is 1. The van der Waals surface area contributed by atoms with Crippen molar-refractivity contribution in [3.05, 3.63) is 47.0 Å². The first kappa shape index (κ1) is 16.8. The molecule has 1 unspecified atom stereocenters. The van der Waals surface area contributed by atoms with Gasteiger partial charge in [0.15, 0.2) is 0 Å².